The van der Waals surface area contributed by atoms with Gasteiger partial charge in [-0.1, -0.05) is 25.4 Å². The first-order valence-electron chi connectivity index (χ1n) is 6.29. The van der Waals surface area contributed by atoms with Crippen molar-refractivity contribution in [1.82, 2.24) is 4.72 Å². The molecule has 122 valence electrons. The third-order valence-electron chi connectivity index (χ3n) is 2.87. The van der Waals surface area contributed by atoms with Crippen molar-refractivity contribution in [3.8, 4) is 0 Å². The fourth-order valence-electron chi connectivity index (χ4n) is 2.14. The van der Waals surface area contributed by atoms with Gasteiger partial charge in [-0.2, -0.15) is 0 Å². The lowest BCUT2D eigenvalue weighted by atomic mass is 9.92. The highest BCUT2D eigenvalue weighted by Crippen LogP contribution is 2.25. The molecule has 0 aromatic heterocycles. The minimum absolute atomic E-state index is 0. The maximum absolute atomic E-state index is 13.0. The Morgan fingerprint density at radius 3 is 2.43 bits per heavy atom. The number of sulfonamides is 1. The number of halogens is 3. The smallest absolute Gasteiger partial charge is 0.242 e. The van der Waals surface area contributed by atoms with E-state index in [1.807, 2.05) is 13.8 Å². The van der Waals surface area contributed by atoms with Crippen LogP contribution in [0.15, 0.2) is 23.1 Å². The van der Waals surface area contributed by atoms with Gasteiger partial charge in [0, 0.05) is 12.1 Å². The summed E-state index contributed by atoms with van der Waals surface area (Å²) in [6.07, 6.45) is 0.585. The summed E-state index contributed by atoms with van der Waals surface area (Å²) in [5.74, 6) is -0.312. The summed E-state index contributed by atoms with van der Waals surface area (Å²) in [4.78, 5) is -0.149. The lowest BCUT2D eigenvalue weighted by Crippen LogP contribution is -2.52. The van der Waals surface area contributed by atoms with Crippen molar-refractivity contribution in [2.24, 2.45) is 11.7 Å². The Morgan fingerprint density at radius 2 is 2.00 bits per heavy atom. The summed E-state index contributed by atoms with van der Waals surface area (Å²) >= 11 is 5.80. The third-order valence-corrected chi connectivity index (χ3v) is 4.99. The zero-order valence-corrected chi connectivity index (χ0v) is 14.6. The quantitative estimate of drug-likeness (QED) is 0.820. The molecule has 0 saturated heterocycles. The number of rotatable bonds is 6. The molecule has 1 aromatic rings. The van der Waals surface area contributed by atoms with Gasteiger partial charge in [0.2, 0.25) is 10.0 Å². The van der Waals surface area contributed by atoms with Gasteiger partial charge in [-0.25, -0.2) is 17.5 Å². The average Bonchev–Trinajstić information content (AvgIpc) is 2.26. The van der Waals surface area contributed by atoms with E-state index in [1.54, 1.807) is 6.92 Å². The highest BCUT2D eigenvalue weighted by molar-refractivity contribution is 7.89. The Balaban J connectivity index is 0.00000400. The zero-order chi connectivity index (χ0) is 15.6. The van der Waals surface area contributed by atoms with E-state index in [4.69, 9.17) is 17.3 Å². The second-order valence-electron chi connectivity index (χ2n) is 5.54. The molecule has 0 saturated carbocycles. The monoisotopic (exact) mass is 358 g/mol. The minimum Gasteiger partial charge on any atom is -0.329 e. The molecule has 0 fully saturated rings. The van der Waals surface area contributed by atoms with Crippen LogP contribution in [-0.2, 0) is 10.0 Å². The first kappa shape index (κ1) is 20.6. The van der Waals surface area contributed by atoms with Crippen molar-refractivity contribution in [1.29, 1.82) is 0 Å². The van der Waals surface area contributed by atoms with E-state index in [1.165, 1.54) is 0 Å². The van der Waals surface area contributed by atoms with Crippen LogP contribution in [0.2, 0.25) is 5.02 Å². The van der Waals surface area contributed by atoms with E-state index < -0.39 is 21.4 Å². The van der Waals surface area contributed by atoms with Crippen molar-refractivity contribution in [3.05, 3.63) is 29.0 Å². The van der Waals surface area contributed by atoms with E-state index in [0.717, 1.165) is 18.2 Å². The number of nitrogens with one attached hydrogen (secondary N) is 1. The average molecular weight is 359 g/mol. The van der Waals surface area contributed by atoms with Crippen LogP contribution in [0, 0.1) is 11.7 Å². The maximum atomic E-state index is 13.0. The molecule has 1 atom stereocenters. The van der Waals surface area contributed by atoms with Crippen LogP contribution in [-0.4, -0.2) is 20.5 Å². The van der Waals surface area contributed by atoms with E-state index in [0.29, 0.717) is 6.42 Å². The number of hydrogen-bond acceptors (Lipinski definition) is 3. The van der Waals surface area contributed by atoms with Gasteiger partial charge in [0.25, 0.3) is 0 Å². The van der Waals surface area contributed by atoms with Crippen LogP contribution >= 0.6 is 24.0 Å². The maximum Gasteiger partial charge on any atom is 0.242 e. The first-order chi connectivity index (χ1) is 9.09. The van der Waals surface area contributed by atoms with Crippen LogP contribution in [0.1, 0.15) is 27.2 Å². The molecule has 0 radical (unpaired) electrons. The highest BCUT2D eigenvalue weighted by atomic mass is 35.5. The molecule has 0 heterocycles. The molecule has 8 heteroatoms. The van der Waals surface area contributed by atoms with Crippen molar-refractivity contribution in [2.45, 2.75) is 37.6 Å². The number of benzene rings is 1. The number of hydrogen-bond donors (Lipinski definition) is 2. The summed E-state index contributed by atoms with van der Waals surface area (Å²) in [5.41, 5.74) is 4.91. The van der Waals surface area contributed by atoms with E-state index in [9.17, 15) is 12.8 Å². The van der Waals surface area contributed by atoms with Crippen LogP contribution < -0.4 is 10.5 Å². The second kappa shape index (κ2) is 7.74. The fourth-order valence-corrected chi connectivity index (χ4v) is 4.10. The molecule has 0 amide bonds. The molecule has 0 bridgehead atoms. The predicted molar refractivity (Wildman–Crippen MR) is 85.9 cm³/mol. The Kier molecular flexibility index (Phi) is 7.59. The van der Waals surface area contributed by atoms with Gasteiger partial charge in [-0.15, -0.1) is 12.4 Å². The summed E-state index contributed by atoms with van der Waals surface area (Å²) in [7, 11) is -3.85. The largest absolute Gasteiger partial charge is 0.329 e. The van der Waals surface area contributed by atoms with E-state index >= 15 is 0 Å². The van der Waals surface area contributed by atoms with Gasteiger partial charge in [-0.05, 0) is 37.5 Å². The molecule has 0 aliphatic rings. The van der Waals surface area contributed by atoms with Crippen LogP contribution in [0.5, 0.6) is 0 Å². The molecule has 1 rings (SSSR count). The van der Waals surface area contributed by atoms with Crippen LogP contribution in [0.4, 0.5) is 4.39 Å². The Labute approximate surface area is 136 Å². The molecule has 1 unspecified atom stereocenters. The van der Waals surface area contributed by atoms with Crippen molar-refractivity contribution in [2.75, 3.05) is 6.54 Å². The normalized spacial score (nSPS) is 14.6. The van der Waals surface area contributed by atoms with Crippen LogP contribution in [0.25, 0.3) is 0 Å². The van der Waals surface area contributed by atoms with Crippen molar-refractivity contribution in [3.63, 3.8) is 0 Å². The molecular formula is C13H21Cl2FN2O2S. The fraction of sp³-hybridized carbons (Fsp3) is 0.538. The van der Waals surface area contributed by atoms with E-state index in [2.05, 4.69) is 4.72 Å². The summed E-state index contributed by atoms with van der Waals surface area (Å²) in [6.45, 7) is 5.85. The summed E-state index contributed by atoms with van der Waals surface area (Å²) < 4.78 is 40.3. The summed E-state index contributed by atoms with van der Waals surface area (Å²) in [5, 5.41) is -0.151. The van der Waals surface area contributed by atoms with Gasteiger partial charge >= 0.3 is 0 Å². The van der Waals surface area contributed by atoms with Gasteiger partial charge in [0.05, 0.1) is 5.02 Å². The first-order valence-corrected chi connectivity index (χ1v) is 8.15. The second-order valence-corrected chi connectivity index (χ2v) is 7.60. The lowest BCUT2D eigenvalue weighted by Gasteiger charge is -2.30. The predicted octanol–water partition coefficient (Wildman–Crippen LogP) is 2.94. The summed E-state index contributed by atoms with van der Waals surface area (Å²) in [6, 6.07) is 3.17. The molecule has 21 heavy (non-hydrogen) atoms. The topological polar surface area (TPSA) is 72.2 Å². The van der Waals surface area contributed by atoms with Crippen molar-refractivity contribution >= 4 is 34.0 Å². The third kappa shape index (κ3) is 5.71. The molecule has 1 aromatic carbocycles. The SMILES string of the molecule is CC(C)CC(C)(CN)NS(=O)(=O)c1ccc(F)cc1Cl.Cl. The Morgan fingerprint density at radius 1 is 1.43 bits per heavy atom. The molecule has 0 aliphatic heterocycles. The molecular weight excluding hydrogens is 338 g/mol. The Hall–Kier alpha value is -0.400. The minimum atomic E-state index is -3.85. The van der Waals surface area contributed by atoms with E-state index in [-0.39, 0.29) is 34.8 Å². The van der Waals surface area contributed by atoms with Crippen molar-refractivity contribution < 1.29 is 12.8 Å². The lowest BCUT2D eigenvalue weighted by molar-refractivity contribution is 0.344. The highest BCUT2D eigenvalue weighted by Gasteiger charge is 2.31. The Bertz CT molecular complexity index is 582. The van der Waals surface area contributed by atoms with Gasteiger partial charge in [-0.3, -0.25) is 0 Å². The zero-order valence-electron chi connectivity index (χ0n) is 12.2. The molecule has 0 spiro atoms. The number of nitrogens with two attached hydrogens (primary N) is 1. The van der Waals surface area contributed by atoms with Gasteiger partial charge < -0.3 is 5.73 Å². The van der Waals surface area contributed by atoms with Gasteiger partial charge in [0.1, 0.15) is 10.7 Å². The molecule has 3 N–H and O–H groups in total. The van der Waals surface area contributed by atoms with Crippen LogP contribution in [0.3, 0.4) is 0 Å². The molecule has 4 nitrogen and oxygen atoms in total. The molecule has 0 aliphatic carbocycles. The standard InChI is InChI=1S/C13H20ClFN2O2S.ClH/c1-9(2)7-13(3,8-16)17-20(18,19)12-5-4-10(15)6-11(12)14;/h4-6,9,17H,7-8,16H2,1-3H3;1H. The van der Waals surface area contributed by atoms with Gasteiger partial charge in [0.15, 0.2) is 0 Å².